The predicted octanol–water partition coefficient (Wildman–Crippen LogP) is 6.34. The first kappa shape index (κ1) is 20.8. The normalized spacial score (nSPS) is 10.9. The molecule has 0 saturated carbocycles. The predicted molar refractivity (Wildman–Crippen MR) is 121 cm³/mol. The van der Waals surface area contributed by atoms with E-state index in [2.05, 4.69) is 37.2 Å². The van der Waals surface area contributed by atoms with E-state index in [4.69, 9.17) is 4.74 Å². The maximum atomic E-state index is 12.5. The smallest absolute Gasteiger partial charge is 0.266 e. The molecule has 29 heavy (non-hydrogen) atoms. The molecular weight excluding hydrogens is 496 g/mol. The van der Waals surface area contributed by atoms with Crippen molar-refractivity contribution in [2.45, 2.75) is 6.61 Å². The van der Waals surface area contributed by atoms with Crippen LogP contribution >= 0.6 is 31.9 Å². The van der Waals surface area contributed by atoms with Gasteiger partial charge in [-0.2, -0.15) is 5.26 Å². The molecular formula is C23H16Br2N2O2. The SMILES string of the molecule is N#C/C(=C\c1ccc(OCc2ccccc2)c(Br)c1)C(=O)Nc1ccccc1Br. The molecule has 0 heterocycles. The Bertz CT molecular complexity index is 1090. The van der Waals surface area contributed by atoms with Crippen LogP contribution in [0, 0.1) is 11.3 Å². The van der Waals surface area contributed by atoms with Crippen LogP contribution in [0.25, 0.3) is 6.08 Å². The van der Waals surface area contributed by atoms with Crippen molar-refractivity contribution in [2.75, 3.05) is 5.32 Å². The Hall–Kier alpha value is -2.88. The van der Waals surface area contributed by atoms with Gasteiger partial charge in [0.2, 0.25) is 0 Å². The number of carbonyl (C=O) groups is 1. The van der Waals surface area contributed by atoms with Crippen molar-refractivity contribution >= 4 is 49.5 Å². The number of carbonyl (C=O) groups excluding carboxylic acids is 1. The van der Waals surface area contributed by atoms with Gasteiger partial charge in [0.25, 0.3) is 5.91 Å². The average molecular weight is 512 g/mol. The van der Waals surface area contributed by atoms with Crippen molar-refractivity contribution in [2.24, 2.45) is 0 Å². The molecule has 4 nitrogen and oxygen atoms in total. The van der Waals surface area contributed by atoms with Crippen molar-refractivity contribution in [3.63, 3.8) is 0 Å². The molecule has 0 aromatic heterocycles. The molecule has 0 aliphatic carbocycles. The molecule has 0 fully saturated rings. The highest BCUT2D eigenvalue weighted by Crippen LogP contribution is 2.28. The van der Waals surface area contributed by atoms with Crippen LogP contribution in [0.3, 0.4) is 0 Å². The number of benzene rings is 3. The van der Waals surface area contributed by atoms with E-state index < -0.39 is 5.91 Å². The number of nitriles is 1. The molecule has 0 bridgehead atoms. The molecule has 1 N–H and O–H groups in total. The Morgan fingerprint density at radius 2 is 1.72 bits per heavy atom. The number of nitrogens with one attached hydrogen (secondary N) is 1. The van der Waals surface area contributed by atoms with E-state index in [1.807, 2.05) is 54.6 Å². The third-order valence-electron chi connectivity index (χ3n) is 3.99. The summed E-state index contributed by atoms with van der Waals surface area (Å²) in [6, 6.07) is 24.5. The zero-order valence-electron chi connectivity index (χ0n) is 15.2. The van der Waals surface area contributed by atoms with E-state index in [1.54, 1.807) is 24.3 Å². The Kier molecular flexibility index (Phi) is 7.23. The first-order chi connectivity index (χ1) is 14.1. The number of para-hydroxylation sites is 1. The van der Waals surface area contributed by atoms with E-state index in [0.29, 0.717) is 23.6 Å². The van der Waals surface area contributed by atoms with Gasteiger partial charge in [-0.3, -0.25) is 4.79 Å². The summed E-state index contributed by atoms with van der Waals surface area (Å²) in [5.74, 6) is 0.210. The molecule has 0 atom stereocenters. The van der Waals surface area contributed by atoms with Gasteiger partial charge in [0.1, 0.15) is 24.0 Å². The molecule has 6 heteroatoms. The summed E-state index contributed by atoms with van der Waals surface area (Å²) >= 11 is 6.86. The van der Waals surface area contributed by atoms with Crippen LogP contribution in [-0.4, -0.2) is 5.91 Å². The Morgan fingerprint density at radius 3 is 2.41 bits per heavy atom. The maximum Gasteiger partial charge on any atom is 0.266 e. The second-order valence-corrected chi connectivity index (χ2v) is 7.78. The largest absolute Gasteiger partial charge is 0.488 e. The van der Waals surface area contributed by atoms with E-state index in [0.717, 1.165) is 14.5 Å². The van der Waals surface area contributed by atoms with Gasteiger partial charge in [-0.25, -0.2) is 0 Å². The van der Waals surface area contributed by atoms with Crippen molar-refractivity contribution in [3.8, 4) is 11.8 Å². The molecule has 0 saturated heterocycles. The Labute approximate surface area is 186 Å². The number of amides is 1. The molecule has 1 amide bonds. The van der Waals surface area contributed by atoms with E-state index >= 15 is 0 Å². The number of hydrogen-bond donors (Lipinski definition) is 1. The zero-order valence-corrected chi connectivity index (χ0v) is 18.4. The highest BCUT2D eigenvalue weighted by molar-refractivity contribution is 9.11. The van der Waals surface area contributed by atoms with Gasteiger partial charge in [0.05, 0.1) is 10.2 Å². The van der Waals surface area contributed by atoms with Gasteiger partial charge in [-0.15, -0.1) is 0 Å². The van der Waals surface area contributed by atoms with Crippen LogP contribution in [0.2, 0.25) is 0 Å². The van der Waals surface area contributed by atoms with Crippen LogP contribution < -0.4 is 10.1 Å². The summed E-state index contributed by atoms with van der Waals surface area (Å²) in [6.45, 7) is 0.451. The molecule has 3 aromatic rings. The number of rotatable bonds is 6. The van der Waals surface area contributed by atoms with Crippen LogP contribution in [0.5, 0.6) is 5.75 Å². The van der Waals surface area contributed by atoms with Crippen molar-refractivity contribution in [1.29, 1.82) is 5.26 Å². The summed E-state index contributed by atoms with van der Waals surface area (Å²) in [5, 5.41) is 12.1. The van der Waals surface area contributed by atoms with Crippen molar-refractivity contribution in [1.82, 2.24) is 0 Å². The quantitative estimate of drug-likeness (QED) is 0.310. The highest BCUT2D eigenvalue weighted by Gasteiger charge is 2.12. The van der Waals surface area contributed by atoms with Crippen LogP contribution in [0.1, 0.15) is 11.1 Å². The number of anilines is 1. The van der Waals surface area contributed by atoms with Crippen LogP contribution in [-0.2, 0) is 11.4 Å². The van der Waals surface area contributed by atoms with Crippen molar-refractivity contribution < 1.29 is 9.53 Å². The molecule has 0 spiro atoms. The summed E-state index contributed by atoms with van der Waals surface area (Å²) in [6.07, 6.45) is 1.54. The number of halogens is 2. The van der Waals surface area contributed by atoms with Gasteiger partial charge in [0.15, 0.2) is 0 Å². The third kappa shape index (κ3) is 5.80. The van der Waals surface area contributed by atoms with Crippen LogP contribution in [0.4, 0.5) is 5.69 Å². The lowest BCUT2D eigenvalue weighted by Gasteiger charge is -2.09. The van der Waals surface area contributed by atoms with E-state index in [-0.39, 0.29) is 5.57 Å². The second-order valence-electron chi connectivity index (χ2n) is 6.07. The standard InChI is InChI=1S/C23H16Br2N2O2/c24-19-8-4-5-9-21(19)27-23(28)18(14-26)12-17-10-11-22(20(25)13-17)29-15-16-6-2-1-3-7-16/h1-13H,15H2,(H,27,28)/b18-12+. The topological polar surface area (TPSA) is 62.1 Å². The number of hydrogen-bond acceptors (Lipinski definition) is 3. The molecule has 3 rings (SSSR count). The van der Waals surface area contributed by atoms with Gasteiger partial charge >= 0.3 is 0 Å². The van der Waals surface area contributed by atoms with Gasteiger partial charge < -0.3 is 10.1 Å². The number of ether oxygens (including phenoxy) is 1. The molecule has 3 aromatic carbocycles. The third-order valence-corrected chi connectivity index (χ3v) is 5.30. The minimum Gasteiger partial charge on any atom is -0.488 e. The molecule has 0 radical (unpaired) electrons. The van der Waals surface area contributed by atoms with Crippen molar-refractivity contribution in [3.05, 3.63) is 98.4 Å². The molecule has 0 unspecified atom stereocenters. The summed E-state index contributed by atoms with van der Waals surface area (Å²) < 4.78 is 7.32. The highest BCUT2D eigenvalue weighted by atomic mass is 79.9. The lowest BCUT2D eigenvalue weighted by molar-refractivity contribution is -0.112. The number of nitrogens with zero attached hydrogens (tertiary/aromatic N) is 1. The fraction of sp³-hybridized carbons (Fsp3) is 0.0435. The Morgan fingerprint density at radius 1 is 1.00 bits per heavy atom. The van der Waals surface area contributed by atoms with Gasteiger partial charge in [-0.1, -0.05) is 48.5 Å². The first-order valence-corrected chi connectivity index (χ1v) is 10.3. The van der Waals surface area contributed by atoms with Gasteiger partial charge in [0, 0.05) is 4.47 Å². The van der Waals surface area contributed by atoms with E-state index in [1.165, 1.54) is 6.08 Å². The van der Waals surface area contributed by atoms with E-state index in [9.17, 15) is 10.1 Å². The lowest BCUT2D eigenvalue weighted by atomic mass is 10.1. The molecule has 0 aliphatic heterocycles. The lowest BCUT2D eigenvalue weighted by Crippen LogP contribution is -2.13. The molecule has 0 aliphatic rings. The fourth-order valence-electron chi connectivity index (χ4n) is 2.53. The zero-order chi connectivity index (χ0) is 20.6. The fourth-order valence-corrected chi connectivity index (χ4v) is 3.42. The van der Waals surface area contributed by atoms with Crippen LogP contribution in [0.15, 0.2) is 87.3 Å². The minimum atomic E-state index is -0.472. The van der Waals surface area contributed by atoms with Gasteiger partial charge in [-0.05, 0) is 73.3 Å². The molecule has 144 valence electrons. The second kappa shape index (κ2) is 10.1. The first-order valence-electron chi connectivity index (χ1n) is 8.71. The maximum absolute atomic E-state index is 12.5. The summed E-state index contributed by atoms with van der Waals surface area (Å²) in [7, 11) is 0. The minimum absolute atomic E-state index is 0.00519. The summed E-state index contributed by atoms with van der Waals surface area (Å²) in [4.78, 5) is 12.5. The Balaban J connectivity index is 1.72. The average Bonchev–Trinajstić information content (AvgIpc) is 2.73. The monoisotopic (exact) mass is 510 g/mol. The summed E-state index contributed by atoms with van der Waals surface area (Å²) in [5.41, 5.74) is 2.39.